The van der Waals surface area contributed by atoms with E-state index in [1.165, 1.54) is 0 Å². The molecule has 1 nitrogen and oxygen atoms in total. The van der Waals surface area contributed by atoms with Gasteiger partial charge in [0.1, 0.15) is 0 Å². The quantitative estimate of drug-likeness (QED) is 0.379. The molecule has 0 spiro atoms. The topological polar surface area (TPSA) is 9.23 Å². The van der Waals surface area contributed by atoms with Crippen molar-refractivity contribution in [2.45, 2.75) is 6.92 Å². The molecule has 0 aromatic heterocycles. The fraction of sp³-hybridized carbons (Fsp3) is 1.00. The summed E-state index contributed by atoms with van der Waals surface area (Å²) in [6.45, 7) is 9.92. The molecule has 0 bridgehead atoms. The third kappa shape index (κ3) is 8.19. The summed E-state index contributed by atoms with van der Waals surface area (Å²) >= 11 is 0. The minimum absolute atomic E-state index is 0.721. The SMILES string of the molecule is B=BB=BB=BOCC. The van der Waals surface area contributed by atoms with E-state index in [9.17, 15) is 0 Å². The van der Waals surface area contributed by atoms with Gasteiger partial charge in [-0.25, -0.2) is 0 Å². The predicted octanol–water partition coefficient (Wildman–Crippen LogP) is -2.07. The third-order valence-corrected chi connectivity index (χ3v) is 0.700. The van der Waals surface area contributed by atoms with Crippen LogP contribution in [0.15, 0.2) is 0 Å². The van der Waals surface area contributed by atoms with Crippen LogP contribution in [0.25, 0.3) is 0 Å². The van der Waals surface area contributed by atoms with Crippen LogP contribution in [0.5, 0.6) is 0 Å². The Morgan fingerprint density at radius 2 is 2.11 bits per heavy atom. The summed E-state index contributed by atoms with van der Waals surface area (Å²) < 4.78 is 4.91. The van der Waals surface area contributed by atoms with Crippen LogP contribution in [0.4, 0.5) is 0 Å². The summed E-state index contributed by atoms with van der Waals surface area (Å²) in [6, 6.07) is 0. The molecule has 0 fully saturated rings. The minimum atomic E-state index is 0.721. The van der Waals surface area contributed by atoms with Crippen LogP contribution in [0.2, 0.25) is 0 Å². The Morgan fingerprint density at radius 3 is 2.67 bits per heavy atom. The van der Waals surface area contributed by atoms with Gasteiger partial charge in [0.2, 0.25) is 0 Å². The van der Waals surface area contributed by atoms with Gasteiger partial charge in [-0.15, -0.1) is 0 Å². The molecular formula is C2H6B6O. The zero-order chi connectivity index (χ0) is 6.95. The van der Waals surface area contributed by atoms with Crippen LogP contribution in [-0.2, 0) is 4.65 Å². The van der Waals surface area contributed by atoms with E-state index in [0.29, 0.717) is 0 Å². The number of rotatable bonds is 4. The van der Waals surface area contributed by atoms with Crippen LogP contribution < -0.4 is 0 Å². The van der Waals surface area contributed by atoms with E-state index in [-0.39, 0.29) is 0 Å². The van der Waals surface area contributed by atoms with Gasteiger partial charge in [-0.1, -0.05) is 0 Å². The van der Waals surface area contributed by atoms with Gasteiger partial charge in [0.05, 0.1) is 0 Å². The third-order valence-electron chi connectivity index (χ3n) is 0.700. The van der Waals surface area contributed by atoms with Crippen molar-refractivity contribution in [2.75, 3.05) is 6.61 Å². The molecule has 0 amide bonds. The maximum absolute atomic E-state index is 4.91. The Kier molecular flexibility index (Phi) is 8.36. The molecule has 0 unspecified atom stereocenters. The van der Waals surface area contributed by atoms with Crippen LogP contribution in [0.3, 0.4) is 0 Å². The van der Waals surface area contributed by atoms with Crippen molar-refractivity contribution >= 4 is 41.1 Å². The van der Waals surface area contributed by atoms with Crippen molar-refractivity contribution in [2.24, 2.45) is 0 Å². The Hall–Kier alpha value is 0.190. The monoisotopic (exact) mass is 112 g/mol. The molecule has 0 rings (SSSR count). The van der Waals surface area contributed by atoms with E-state index in [1.54, 1.807) is 13.7 Å². The molecule has 7 heteroatoms. The molecule has 38 valence electrons. The van der Waals surface area contributed by atoms with Crippen LogP contribution in [-0.4, -0.2) is 47.8 Å². The molecule has 0 radical (unpaired) electrons. The van der Waals surface area contributed by atoms with Crippen LogP contribution in [0.1, 0.15) is 6.92 Å². The van der Waals surface area contributed by atoms with Crippen molar-refractivity contribution in [1.29, 1.82) is 0 Å². The zero-order valence-corrected chi connectivity index (χ0v) is 5.71. The summed E-state index contributed by atoms with van der Waals surface area (Å²) in [4.78, 5) is 0. The Labute approximate surface area is 60.0 Å². The van der Waals surface area contributed by atoms with Crippen molar-refractivity contribution in [3.8, 4) is 0 Å². The summed E-state index contributed by atoms with van der Waals surface area (Å²) in [5.41, 5.74) is 0. The molecule has 0 heterocycles. The molecule has 0 aliphatic heterocycles. The second-order valence-corrected chi connectivity index (χ2v) is 1.40. The fourth-order valence-corrected chi connectivity index (χ4v) is 0.340. The predicted molar refractivity (Wildman–Crippen MR) is 47.5 cm³/mol. The van der Waals surface area contributed by atoms with Gasteiger partial charge < -0.3 is 0 Å². The van der Waals surface area contributed by atoms with E-state index in [4.69, 9.17) is 4.65 Å². The second kappa shape index (κ2) is 8.19. The standard InChI is InChI=1S/C2H6B6O/c1-2-9-8-7-6-5-4-3/h3H,2H2,1H3. The average Bonchev–Trinajstić information content (AvgIpc) is 1.89. The van der Waals surface area contributed by atoms with E-state index >= 15 is 0 Å². The molecule has 0 saturated heterocycles. The molecule has 0 aliphatic rings. The second-order valence-electron chi connectivity index (χ2n) is 1.40. The van der Waals surface area contributed by atoms with Crippen molar-refractivity contribution in [3.05, 3.63) is 0 Å². The summed E-state index contributed by atoms with van der Waals surface area (Å²) in [7, 11) is 5.17. The van der Waals surface area contributed by atoms with Gasteiger partial charge >= 0.3 is 59.3 Å². The molecule has 0 aromatic rings. The Morgan fingerprint density at radius 1 is 1.33 bits per heavy atom. The molecule has 0 N–H and O–H groups in total. The van der Waals surface area contributed by atoms with Gasteiger partial charge in [0.25, 0.3) is 0 Å². The first-order valence-corrected chi connectivity index (χ1v) is 2.97. The van der Waals surface area contributed by atoms with Gasteiger partial charge in [0, 0.05) is 0 Å². The first-order valence-electron chi connectivity index (χ1n) is 2.97. The van der Waals surface area contributed by atoms with Crippen molar-refractivity contribution < 1.29 is 4.65 Å². The van der Waals surface area contributed by atoms with E-state index in [0.717, 1.165) is 6.61 Å². The summed E-state index contributed by atoms with van der Waals surface area (Å²) in [5.74, 6) is 0. The summed E-state index contributed by atoms with van der Waals surface area (Å²) in [5, 5.41) is 0. The molecule has 0 saturated carbocycles. The van der Waals surface area contributed by atoms with Gasteiger partial charge in [-0.2, -0.15) is 0 Å². The molecule has 0 aliphatic carbocycles. The zero-order valence-electron chi connectivity index (χ0n) is 5.71. The maximum atomic E-state index is 4.91. The van der Waals surface area contributed by atoms with Gasteiger partial charge in [-0.3, -0.25) is 0 Å². The first kappa shape index (κ1) is 9.19. The van der Waals surface area contributed by atoms with Gasteiger partial charge in [-0.05, 0) is 0 Å². The van der Waals surface area contributed by atoms with Gasteiger partial charge in [0.15, 0.2) is 0 Å². The molecular weight excluding hydrogens is 105 g/mol. The van der Waals surface area contributed by atoms with E-state index in [2.05, 4.69) is 7.37 Å². The van der Waals surface area contributed by atoms with Crippen LogP contribution in [0, 0.1) is 0 Å². The summed E-state index contributed by atoms with van der Waals surface area (Å²) in [6.07, 6.45) is 0. The molecule has 9 heavy (non-hydrogen) atoms. The average molecular weight is 111 g/mol. The van der Waals surface area contributed by atoms with Crippen molar-refractivity contribution in [3.63, 3.8) is 0 Å². The van der Waals surface area contributed by atoms with Crippen molar-refractivity contribution in [1.82, 2.24) is 0 Å². The first-order chi connectivity index (χ1) is 4.41. The molecule has 0 atom stereocenters. The Bertz CT molecular complexity index is 118. The fourth-order valence-electron chi connectivity index (χ4n) is 0.340. The van der Waals surface area contributed by atoms with E-state index < -0.39 is 0 Å². The van der Waals surface area contributed by atoms with Crippen LogP contribution >= 0.6 is 0 Å². The van der Waals surface area contributed by atoms with E-state index in [1.807, 2.05) is 27.0 Å². The molecule has 0 aromatic carbocycles. The number of hydrogen-bond acceptors (Lipinski definition) is 1. The Balaban J connectivity index is 3.23. The number of hydrogen-bond donors (Lipinski definition) is 0. The normalized spacial score (nSPS) is 6.67.